The lowest BCUT2D eigenvalue weighted by Crippen LogP contribution is -2.25. The van der Waals surface area contributed by atoms with Crippen LogP contribution in [0.25, 0.3) is 10.9 Å². The number of hydroxylamine groups is 1. The number of benzene rings is 1. The van der Waals surface area contributed by atoms with Gasteiger partial charge in [-0.1, -0.05) is 0 Å². The minimum absolute atomic E-state index is 0.236. The molecule has 1 aromatic carbocycles. The Morgan fingerprint density at radius 3 is 3.00 bits per heavy atom. The van der Waals surface area contributed by atoms with E-state index in [0.717, 1.165) is 16.5 Å². The first-order valence-corrected chi connectivity index (χ1v) is 4.62. The smallest absolute Gasteiger partial charge is 0.123 e. The van der Waals surface area contributed by atoms with Crippen molar-refractivity contribution in [2.24, 2.45) is 5.73 Å². The lowest BCUT2D eigenvalue weighted by molar-refractivity contribution is 0.129. The molecule has 0 aliphatic heterocycles. The van der Waals surface area contributed by atoms with Crippen molar-refractivity contribution in [3.8, 4) is 0 Å². The quantitative estimate of drug-likeness (QED) is 0.575. The van der Waals surface area contributed by atoms with E-state index in [2.05, 4.69) is 10.5 Å². The number of nitrogens with one attached hydrogen (secondary N) is 2. The molecule has 0 aliphatic rings. The molecule has 80 valence electrons. The van der Waals surface area contributed by atoms with Crippen molar-refractivity contribution in [1.29, 1.82) is 0 Å². The summed E-state index contributed by atoms with van der Waals surface area (Å²) >= 11 is 0. The van der Waals surface area contributed by atoms with Crippen molar-refractivity contribution in [3.63, 3.8) is 0 Å². The molecule has 1 aromatic heterocycles. The Morgan fingerprint density at radius 2 is 2.33 bits per heavy atom. The van der Waals surface area contributed by atoms with Crippen LogP contribution in [0.15, 0.2) is 24.4 Å². The van der Waals surface area contributed by atoms with Crippen molar-refractivity contribution in [3.05, 3.63) is 35.8 Å². The molecule has 5 N–H and O–H groups in total. The third-order valence-corrected chi connectivity index (χ3v) is 2.44. The van der Waals surface area contributed by atoms with Gasteiger partial charge in [0.15, 0.2) is 0 Å². The predicted molar refractivity (Wildman–Crippen MR) is 55.0 cm³/mol. The van der Waals surface area contributed by atoms with Gasteiger partial charge in [0.1, 0.15) is 5.82 Å². The summed E-state index contributed by atoms with van der Waals surface area (Å²) in [6.07, 6.45) is 1.71. The normalized spacial score (nSPS) is 13.3. The van der Waals surface area contributed by atoms with Crippen molar-refractivity contribution in [2.45, 2.75) is 6.04 Å². The number of hydrogen-bond acceptors (Lipinski definition) is 3. The van der Waals surface area contributed by atoms with Crippen LogP contribution >= 0.6 is 0 Å². The highest BCUT2D eigenvalue weighted by atomic mass is 19.1. The molecule has 5 heteroatoms. The third-order valence-electron chi connectivity index (χ3n) is 2.44. The first-order chi connectivity index (χ1) is 7.26. The maximum atomic E-state index is 13.0. The van der Waals surface area contributed by atoms with Crippen molar-refractivity contribution in [1.82, 2.24) is 10.5 Å². The Hall–Kier alpha value is -1.43. The molecule has 15 heavy (non-hydrogen) atoms. The van der Waals surface area contributed by atoms with Crippen LogP contribution in [-0.4, -0.2) is 16.7 Å². The van der Waals surface area contributed by atoms with Crippen LogP contribution in [0.4, 0.5) is 4.39 Å². The molecule has 2 aromatic rings. The first kappa shape index (κ1) is 10.1. The SMILES string of the molecule is NCC(NO)c1c[nH]c2ccc(F)cc12. The van der Waals surface area contributed by atoms with Gasteiger partial charge < -0.3 is 15.9 Å². The number of aromatic nitrogens is 1. The van der Waals surface area contributed by atoms with E-state index in [-0.39, 0.29) is 18.4 Å². The maximum Gasteiger partial charge on any atom is 0.123 e. The Bertz CT molecular complexity index is 465. The lowest BCUT2D eigenvalue weighted by Gasteiger charge is -2.10. The molecular weight excluding hydrogens is 197 g/mol. The van der Waals surface area contributed by atoms with Crippen LogP contribution in [0, 0.1) is 5.82 Å². The van der Waals surface area contributed by atoms with Gasteiger partial charge in [0, 0.05) is 23.6 Å². The van der Waals surface area contributed by atoms with Crippen LogP contribution in [-0.2, 0) is 0 Å². The molecule has 0 spiro atoms. The second-order valence-electron chi connectivity index (χ2n) is 3.35. The fourth-order valence-corrected chi connectivity index (χ4v) is 1.65. The Labute approximate surface area is 85.9 Å². The van der Waals surface area contributed by atoms with Gasteiger partial charge in [-0.15, -0.1) is 0 Å². The fourth-order valence-electron chi connectivity index (χ4n) is 1.65. The Morgan fingerprint density at radius 1 is 1.53 bits per heavy atom. The average Bonchev–Trinajstić information content (AvgIpc) is 2.64. The molecule has 4 nitrogen and oxygen atoms in total. The van der Waals surface area contributed by atoms with Crippen LogP contribution in [0.3, 0.4) is 0 Å². The minimum atomic E-state index is -0.388. The molecule has 1 unspecified atom stereocenters. The van der Waals surface area contributed by atoms with E-state index in [9.17, 15) is 4.39 Å². The van der Waals surface area contributed by atoms with Crippen LogP contribution in [0.2, 0.25) is 0 Å². The molecule has 2 rings (SSSR count). The highest BCUT2D eigenvalue weighted by molar-refractivity contribution is 5.83. The van der Waals surface area contributed by atoms with Gasteiger partial charge in [-0.2, -0.15) is 5.48 Å². The van der Waals surface area contributed by atoms with Gasteiger partial charge >= 0.3 is 0 Å². The zero-order chi connectivity index (χ0) is 10.8. The van der Waals surface area contributed by atoms with Crippen molar-refractivity contribution >= 4 is 10.9 Å². The average molecular weight is 209 g/mol. The van der Waals surface area contributed by atoms with Crippen LogP contribution in [0.1, 0.15) is 11.6 Å². The van der Waals surface area contributed by atoms with E-state index in [1.807, 2.05) is 0 Å². The standard InChI is InChI=1S/C10H12FN3O/c11-6-1-2-9-7(3-6)8(5-13-9)10(4-12)14-15/h1-3,5,10,13-15H,4,12H2. The van der Waals surface area contributed by atoms with Crippen LogP contribution < -0.4 is 11.2 Å². The van der Waals surface area contributed by atoms with Gasteiger partial charge in [0.05, 0.1) is 6.04 Å². The second kappa shape index (κ2) is 3.98. The molecule has 0 radical (unpaired) electrons. The minimum Gasteiger partial charge on any atom is -0.361 e. The van der Waals surface area contributed by atoms with E-state index in [1.54, 1.807) is 12.3 Å². The molecule has 0 saturated carbocycles. The summed E-state index contributed by atoms with van der Waals surface area (Å²) in [4.78, 5) is 2.99. The molecule has 0 saturated heterocycles. The molecule has 1 atom stereocenters. The number of nitrogens with two attached hydrogens (primary N) is 1. The topological polar surface area (TPSA) is 74.1 Å². The summed E-state index contributed by atoms with van der Waals surface area (Å²) in [6, 6.07) is 4.06. The van der Waals surface area contributed by atoms with E-state index in [1.165, 1.54) is 12.1 Å². The number of aromatic amines is 1. The zero-order valence-electron chi connectivity index (χ0n) is 8.00. The molecule has 1 heterocycles. The van der Waals surface area contributed by atoms with E-state index < -0.39 is 0 Å². The number of fused-ring (bicyclic) bond motifs is 1. The largest absolute Gasteiger partial charge is 0.361 e. The molecule has 0 aliphatic carbocycles. The number of rotatable bonds is 3. The van der Waals surface area contributed by atoms with E-state index in [0.29, 0.717) is 0 Å². The van der Waals surface area contributed by atoms with Gasteiger partial charge in [0.25, 0.3) is 0 Å². The highest BCUT2D eigenvalue weighted by Crippen LogP contribution is 2.24. The summed E-state index contributed by atoms with van der Waals surface area (Å²) < 4.78 is 13.0. The second-order valence-corrected chi connectivity index (χ2v) is 3.35. The van der Waals surface area contributed by atoms with Gasteiger partial charge in [0.2, 0.25) is 0 Å². The lowest BCUT2D eigenvalue weighted by atomic mass is 10.1. The molecule has 0 bridgehead atoms. The molecular formula is C10H12FN3O. The summed E-state index contributed by atoms with van der Waals surface area (Å²) in [7, 11) is 0. The van der Waals surface area contributed by atoms with Crippen molar-refractivity contribution in [2.75, 3.05) is 6.54 Å². The zero-order valence-corrected chi connectivity index (χ0v) is 8.00. The van der Waals surface area contributed by atoms with Crippen molar-refractivity contribution < 1.29 is 9.60 Å². The van der Waals surface area contributed by atoms with E-state index >= 15 is 0 Å². The van der Waals surface area contributed by atoms with Gasteiger partial charge in [-0.3, -0.25) is 0 Å². The van der Waals surface area contributed by atoms with Gasteiger partial charge in [-0.25, -0.2) is 4.39 Å². The Kier molecular flexibility index (Phi) is 2.68. The summed E-state index contributed by atoms with van der Waals surface area (Å²) in [5.74, 6) is -0.308. The third kappa shape index (κ3) is 1.72. The Balaban J connectivity index is 2.55. The fraction of sp³-hybridized carbons (Fsp3) is 0.200. The first-order valence-electron chi connectivity index (χ1n) is 4.62. The summed E-state index contributed by atoms with van der Waals surface area (Å²) in [5.41, 5.74) is 9.15. The van der Waals surface area contributed by atoms with Gasteiger partial charge in [-0.05, 0) is 23.8 Å². The highest BCUT2D eigenvalue weighted by Gasteiger charge is 2.13. The number of hydrogen-bond donors (Lipinski definition) is 4. The summed E-state index contributed by atoms with van der Waals surface area (Å²) in [6.45, 7) is 0.236. The monoisotopic (exact) mass is 209 g/mol. The predicted octanol–water partition coefficient (Wildman–Crippen LogP) is 1.29. The van der Waals surface area contributed by atoms with E-state index in [4.69, 9.17) is 10.9 Å². The summed E-state index contributed by atoms with van der Waals surface area (Å²) in [5, 5.41) is 9.62. The number of H-pyrrole nitrogens is 1. The molecule has 0 amide bonds. The molecule has 0 fully saturated rings. The number of halogens is 1. The van der Waals surface area contributed by atoms with Crippen LogP contribution in [0.5, 0.6) is 0 Å². The maximum absolute atomic E-state index is 13.0.